The van der Waals surface area contributed by atoms with Gasteiger partial charge in [-0.2, -0.15) is 0 Å². The zero-order chi connectivity index (χ0) is 19.7. The summed E-state index contributed by atoms with van der Waals surface area (Å²) in [5.74, 6) is 0. The Bertz CT molecular complexity index is 612. The Labute approximate surface area is 163 Å². The van der Waals surface area contributed by atoms with Crippen LogP contribution >= 0.6 is 0 Å². The number of piperazine rings is 1. The van der Waals surface area contributed by atoms with Crippen LogP contribution in [0.3, 0.4) is 0 Å². The van der Waals surface area contributed by atoms with E-state index in [1.165, 1.54) is 5.69 Å². The van der Waals surface area contributed by atoms with Gasteiger partial charge < -0.3 is 23.7 Å². The van der Waals surface area contributed by atoms with Crippen molar-refractivity contribution in [2.24, 2.45) is 0 Å². The largest absolute Gasteiger partial charge is 0.494 e. The second-order valence-corrected chi connectivity index (χ2v) is 8.37. The van der Waals surface area contributed by atoms with E-state index < -0.39 is 0 Å². The number of nitrogens with zero attached hydrogens (tertiary/aromatic N) is 2. The summed E-state index contributed by atoms with van der Waals surface area (Å²) in [6.45, 7) is 13.1. The topological polar surface area (TPSA) is 43.4 Å². The minimum Gasteiger partial charge on any atom is -0.399 e. The first kappa shape index (κ1) is 20.6. The lowest BCUT2D eigenvalue weighted by Gasteiger charge is -2.37. The molecule has 2 aliphatic heterocycles. The number of methoxy groups -OCH3 is 2. The van der Waals surface area contributed by atoms with Gasteiger partial charge in [0, 0.05) is 52.6 Å². The van der Waals surface area contributed by atoms with Gasteiger partial charge in [0.2, 0.25) is 0 Å². The molecular formula is C20H33BN2O4. The highest BCUT2D eigenvalue weighted by molar-refractivity contribution is 6.62. The molecule has 0 amide bonds. The summed E-state index contributed by atoms with van der Waals surface area (Å²) in [5, 5.41) is 0. The maximum absolute atomic E-state index is 6.20. The monoisotopic (exact) mass is 376 g/mol. The van der Waals surface area contributed by atoms with Crippen LogP contribution in [0.4, 0.5) is 5.69 Å². The van der Waals surface area contributed by atoms with E-state index in [1.807, 2.05) is 0 Å². The van der Waals surface area contributed by atoms with Crippen molar-refractivity contribution in [1.82, 2.24) is 4.90 Å². The second kappa shape index (κ2) is 8.09. The van der Waals surface area contributed by atoms with Gasteiger partial charge in [0.1, 0.15) is 0 Å². The minimum absolute atomic E-state index is 0.164. The van der Waals surface area contributed by atoms with E-state index in [4.69, 9.17) is 18.8 Å². The SMILES string of the molecule is COC(CN1CCN(c2cccc(B3OC(C)(C)C(C)(C)O3)c2)CC1)OC. The zero-order valence-corrected chi connectivity index (χ0v) is 17.5. The Hall–Kier alpha value is -1.12. The predicted octanol–water partition coefficient (Wildman–Crippen LogP) is 1.73. The summed E-state index contributed by atoms with van der Waals surface area (Å²) in [6, 6.07) is 8.54. The maximum atomic E-state index is 6.20. The predicted molar refractivity (Wildman–Crippen MR) is 109 cm³/mol. The number of hydrogen-bond acceptors (Lipinski definition) is 6. The van der Waals surface area contributed by atoms with Crippen LogP contribution in [0.25, 0.3) is 0 Å². The molecule has 2 aliphatic rings. The molecule has 27 heavy (non-hydrogen) atoms. The van der Waals surface area contributed by atoms with Crippen LogP contribution in [-0.2, 0) is 18.8 Å². The summed E-state index contributed by atoms with van der Waals surface area (Å²) in [4.78, 5) is 4.80. The third-order valence-corrected chi connectivity index (χ3v) is 6.07. The third-order valence-electron chi connectivity index (χ3n) is 6.07. The minimum atomic E-state index is -0.321. The first-order chi connectivity index (χ1) is 12.8. The van der Waals surface area contributed by atoms with Gasteiger partial charge in [-0.05, 0) is 45.3 Å². The number of anilines is 1. The van der Waals surface area contributed by atoms with Gasteiger partial charge in [0.25, 0.3) is 0 Å². The molecule has 0 spiro atoms. The Balaban J connectivity index is 1.62. The average Bonchev–Trinajstić information content (AvgIpc) is 2.88. The van der Waals surface area contributed by atoms with Crippen molar-refractivity contribution in [2.75, 3.05) is 51.8 Å². The highest BCUT2D eigenvalue weighted by Crippen LogP contribution is 2.36. The quantitative estimate of drug-likeness (QED) is 0.557. The van der Waals surface area contributed by atoms with E-state index in [0.717, 1.165) is 38.2 Å². The molecule has 0 aliphatic carbocycles. The van der Waals surface area contributed by atoms with Gasteiger partial charge in [0.15, 0.2) is 6.29 Å². The zero-order valence-electron chi connectivity index (χ0n) is 17.5. The molecule has 1 aromatic carbocycles. The normalized spacial score (nSPS) is 22.6. The fourth-order valence-corrected chi connectivity index (χ4v) is 3.49. The highest BCUT2D eigenvalue weighted by Gasteiger charge is 2.51. The van der Waals surface area contributed by atoms with Crippen LogP contribution < -0.4 is 10.4 Å². The molecule has 150 valence electrons. The van der Waals surface area contributed by atoms with Crippen molar-refractivity contribution in [3.05, 3.63) is 24.3 Å². The Morgan fingerprint density at radius 1 is 1.00 bits per heavy atom. The van der Waals surface area contributed by atoms with Gasteiger partial charge in [0.05, 0.1) is 11.2 Å². The molecule has 1 aromatic rings. The van der Waals surface area contributed by atoms with Gasteiger partial charge in [-0.3, -0.25) is 4.90 Å². The Kier molecular flexibility index (Phi) is 6.18. The Morgan fingerprint density at radius 3 is 2.15 bits per heavy atom. The van der Waals surface area contributed by atoms with Crippen molar-refractivity contribution < 1.29 is 18.8 Å². The van der Waals surface area contributed by atoms with Gasteiger partial charge >= 0.3 is 7.12 Å². The van der Waals surface area contributed by atoms with Crippen LogP contribution in [0.5, 0.6) is 0 Å². The van der Waals surface area contributed by atoms with E-state index in [9.17, 15) is 0 Å². The van der Waals surface area contributed by atoms with Gasteiger partial charge in [-0.1, -0.05) is 12.1 Å². The molecule has 6 nitrogen and oxygen atoms in total. The molecule has 2 saturated heterocycles. The molecule has 0 radical (unpaired) electrons. The first-order valence-electron chi connectivity index (χ1n) is 9.74. The molecule has 0 bridgehead atoms. The lowest BCUT2D eigenvalue weighted by Crippen LogP contribution is -2.49. The van der Waals surface area contributed by atoms with Crippen molar-refractivity contribution in [3.8, 4) is 0 Å². The summed E-state index contributed by atoms with van der Waals surface area (Å²) in [6.07, 6.45) is -0.164. The molecule has 0 unspecified atom stereocenters. The molecule has 0 aromatic heterocycles. The summed E-state index contributed by atoms with van der Waals surface area (Å²) < 4.78 is 23.0. The van der Waals surface area contributed by atoms with Crippen molar-refractivity contribution in [1.29, 1.82) is 0 Å². The van der Waals surface area contributed by atoms with Crippen LogP contribution in [0.15, 0.2) is 24.3 Å². The molecule has 2 fully saturated rings. The van der Waals surface area contributed by atoms with Crippen LogP contribution in [0.1, 0.15) is 27.7 Å². The van der Waals surface area contributed by atoms with Gasteiger partial charge in [-0.15, -0.1) is 0 Å². The van der Waals surface area contributed by atoms with E-state index >= 15 is 0 Å². The summed E-state index contributed by atoms with van der Waals surface area (Å²) >= 11 is 0. The van der Waals surface area contributed by atoms with Crippen molar-refractivity contribution in [3.63, 3.8) is 0 Å². The third kappa shape index (κ3) is 4.49. The molecule has 0 atom stereocenters. The number of rotatable bonds is 6. The fraction of sp³-hybridized carbons (Fsp3) is 0.700. The number of ether oxygens (including phenoxy) is 2. The summed E-state index contributed by atoms with van der Waals surface area (Å²) in [7, 11) is 3.05. The van der Waals surface area contributed by atoms with E-state index in [0.29, 0.717) is 0 Å². The molecule has 2 heterocycles. The lowest BCUT2D eigenvalue weighted by atomic mass is 9.79. The van der Waals surface area contributed by atoms with E-state index in [1.54, 1.807) is 14.2 Å². The standard InChI is InChI=1S/C20H33BN2O4/c1-19(2)20(3,4)27-21(26-19)16-8-7-9-17(14-16)23-12-10-22(11-13-23)15-18(24-5)25-6/h7-9,14,18H,10-13,15H2,1-6H3. The maximum Gasteiger partial charge on any atom is 0.494 e. The molecule has 0 saturated carbocycles. The van der Waals surface area contributed by atoms with Crippen LogP contribution in [-0.4, -0.2) is 76.5 Å². The molecule has 3 rings (SSSR count). The van der Waals surface area contributed by atoms with Crippen molar-refractivity contribution >= 4 is 18.3 Å². The van der Waals surface area contributed by atoms with Crippen LogP contribution in [0.2, 0.25) is 0 Å². The number of hydrogen-bond donors (Lipinski definition) is 0. The molecule has 0 N–H and O–H groups in total. The van der Waals surface area contributed by atoms with E-state index in [2.05, 4.69) is 61.8 Å². The van der Waals surface area contributed by atoms with Gasteiger partial charge in [-0.25, -0.2) is 0 Å². The lowest BCUT2D eigenvalue weighted by molar-refractivity contribution is -0.116. The highest BCUT2D eigenvalue weighted by atomic mass is 16.7. The summed E-state index contributed by atoms with van der Waals surface area (Å²) in [5.41, 5.74) is 1.65. The Morgan fingerprint density at radius 2 is 1.59 bits per heavy atom. The second-order valence-electron chi connectivity index (χ2n) is 8.37. The number of benzene rings is 1. The van der Waals surface area contributed by atoms with Crippen molar-refractivity contribution in [2.45, 2.75) is 45.2 Å². The molecular weight excluding hydrogens is 343 g/mol. The molecule has 7 heteroatoms. The van der Waals surface area contributed by atoms with E-state index in [-0.39, 0.29) is 24.6 Å². The fourth-order valence-electron chi connectivity index (χ4n) is 3.49. The smallest absolute Gasteiger partial charge is 0.399 e. The van der Waals surface area contributed by atoms with Crippen LogP contribution in [0, 0.1) is 0 Å². The first-order valence-corrected chi connectivity index (χ1v) is 9.74. The average molecular weight is 376 g/mol.